The number of Topliss-reactive ketones (excluding diaryl/α,β-unsaturated/α-hetero) is 1. The molecule has 0 saturated carbocycles. The molecule has 0 aliphatic carbocycles. The van der Waals surface area contributed by atoms with Gasteiger partial charge in [-0.05, 0) is 43.7 Å². The van der Waals surface area contributed by atoms with Gasteiger partial charge in [-0.2, -0.15) is 0 Å². The van der Waals surface area contributed by atoms with Gasteiger partial charge in [-0.15, -0.1) is 0 Å². The van der Waals surface area contributed by atoms with Gasteiger partial charge in [0.15, 0.2) is 17.3 Å². The average molecular weight is 323 g/mol. The second-order valence-corrected chi connectivity index (χ2v) is 5.10. The zero-order valence-corrected chi connectivity index (χ0v) is 12.1. The number of para-hydroxylation sites is 1. The van der Waals surface area contributed by atoms with Gasteiger partial charge >= 0.3 is 0 Å². The third kappa shape index (κ3) is 3.01. The van der Waals surface area contributed by atoms with E-state index in [2.05, 4.69) is 15.9 Å². The minimum atomic E-state index is -0.549. The lowest BCUT2D eigenvalue weighted by Crippen LogP contribution is -2.00. The Labute approximate surface area is 119 Å². The summed E-state index contributed by atoms with van der Waals surface area (Å²) in [5.74, 6) is -0.299. The molecule has 2 nitrogen and oxygen atoms in total. The lowest BCUT2D eigenvalue weighted by atomic mass is 10.1. The first-order valence-corrected chi connectivity index (χ1v) is 6.52. The van der Waals surface area contributed by atoms with Crippen LogP contribution in [0.5, 0.6) is 11.5 Å². The summed E-state index contributed by atoms with van der Waals surface area (Å²) >= 11 is 3.33. The molecule has 0 radical (unpaired) electrons. The Morgan fingerprint density at radius 2 is 2.00 bits per heavy atom. The second kappa shape index (κ2) is 5.53. The highest BCUT2D eigenvalue weighted by atomic mass is 79.9. The first-order valence-electron chi connectivity index (χ1n) is 5.72. The average Bonchev–Trinajstić information content (AvgIpc) is 2.35. The minimum absolute atomic E-state index is 0.0313. The maximum absolute atomic E-state index is 13.8. The minimum Gasteiger partial charge on any atom is -0.453 e. The molecule has 2 aromatic carbocycles. The predicted octanol–water partition coefficient (Wildman–Crippen LogP) is 4.89. The van der Waals surface area contributed by atoms with E-state index in [1.54, 1.807) is 12.1 Å². The van der Waals surface area contributed by atoms with Gasteiger partial charge in [0.05, 0.1) is 5.56 Å². The van der Waals surface area contributed by atoms with Crippen molar-refractivity contribution in [1.29, 1.82) is 0 Å². The number of aryl methyl sites for hydroxylation is 1. The fourth-order valence-electron chi connectivity index (χ4n) is 1.68. The Kier molecular flexibility index (Phi) is 4.00. The number of rotatable bonds is 3. The van der Waals surface area contributed by atoms with Crippen LogP contribution in [0.2, 0.25) is 0 Å². The van der Waals surface area contributed by atoms with Gasteiger partial charge in [-0.25, -0.2) is 4.39 Å². The van der Waals surface area contributed by atoms with E-state index in [0.29, 0.717) is 5.75 Å². The topological polar surface area (TPSA) is 26.3 Å². The van der Waals surface area contributed by atoms with Crippen molar-refractivity contribution in [2.45, 2.75) is 13.8 Å². The van der Waals surface area contributed by atoms with Gasteiger partial charge < -0.3 is 4.74 Å². The first-order chi connectivity index (χ1) is 8.99. The highest BCUT2D eigenvalue weighted by Crippen LogP contribution is 2.32. The zero-order valence-electron chi connectivity index (χ0n) is 10.5. The lowest BCUT2D eigenvalue weighted by molar-refractivity contribution is 0.101. The van der Waals surface area contributed by atoms with E-state index < -0.39 is 5.82 Å². The van der Waals surface area contributed by atoms with Gasteiger partial charge in [0.2, 0.25) is 0 Å². The molecule has 0 bridgehead atoms. The molecule has 0 unspecified atom stereocenters. The Hall–Kier alpha value is -1.68. The van der Waals surface area contributed by atoms with Gasteiger partial charge in [0.25, 0.3) is 0 Å². The van der Waals surface area contributed by atoms with E-state index in [1.807, 2.05) is 19.1 Å². The van der Waals surface area contributed by atoms with E-state index in [1.165, 1.54) is 19.1 Å². The largest absolute Gasteiger partial charge is 0.453 e. The summed E-state index contributed by atoms with van der Waals surface area (Å²) < 4.78 is 20.3. The van der Waals surface area contributed by atoms with Gasteiger partial charge in [0, 0.05) is 4.47 Å². The Balaban J connectivity index is 2.49. The van der Waals surface area contributed by atoms with E-state index in [0.717, 1.165) is 10.0 Å². The number of hydrogen-bond donors (Lipinski definition) is 0. The number of hydrogen-bond acceptors (Lipinski definition) is 2. The monoisotopic (exact) mass is 322 g/mol. The number of ketones is 1. The molecule has 0 spiro atoms. The number of carbonyl (C=O) groups is 1. The molecule has 2 aromatic rings. The van der Waals surface area contributed by atoms with Crippen LogP contribution in [0.3, 0.4) is 0 Å². The third-order valence-electron chi connectivity index (χ3n) is 2.71. The number of benzene rings is 2. The van der Waals surface area contributed by atoms with Crippen LogP contribution in [-0.4, -0.2) is 5.78 Å². The quantitative estimate of drug-likeness (QED) is 0.752. The predicted molar refractivity (Wildman–Crippen MR) is 75.4 cm³/mol. The Morgan fingerprint density at radius 1 is 1.26 bits per heavy atom. The number of halogens is 2. The van der Waals surface area contributed by atoms with Crippen molar-refractivity contribution in [2.24, 2.45) is 0 Å². The lowest BCUT2D eigenvalue weighted by Gasteiger charge is -2.12. The maximum Gasteiger partial charge on any atom is 0.173 e. The molecule has 19 heavy (non-hydrogen) atoms. The molecule has 0 fully saturated rings. The molecule has 0 aromatic heterocycles. The second-order valence-electron chi connectivity index (χ2n) is 4.18. The molecule has 0 aliphatic heterocycles. The Bertz CT molecular complexity index is 638. The zero-order chi connectivity index (χ0) is 14.0. The molecule has 98 valence electrons. The van der Waals surface area contributed by atoms with Crippen LogP contribution in [0.4, 0.5) is 4.39 Å². The molecule has 0 aliphatic rings. The highest BCUT2D eigenvalue weighted by molar-refractivity contribution is 9.10. The molecule has 0 amide bonds. The van der Waals surface area contributed by atoms with Crippen molar-refractivity contribution in [3.8, 4) is 11.5 Å². The summed E-state index contributed by atoms with van der Waals surface area (Å²) in [7, 11) is 0. The van der Waals surface area contributed by atoms with Crippen LogP contribution in [0.15, 0.2) is 40.9 Å². The number of ether oxygens (including phenoxy) is 1. The number of carbonyl (C=O) groups excluding carboxylic acids is 1. The van der Waals surface area contributed by atoms with Crippen LogP contribution in [0.1, 0.15) is 22.8 Å². The molecule has 4 heteroatoms. The fourth-order valence-corrected chi connectivity index (χ4v) is 2.02. The van der Waals surface area contributed by atoms with E-state index in [4.69, 9.17) is 4.74 Å². The van der Waals surface area contributed by atoms with Gasteiger partial charge in [-0.3, -0.25) is 4.79 Å². The van der Waals surface area contributed by atoms with E-state index >= 15 is 0 Å². The van der Waals surface area contributed by atoms with Crippen LogP contribution < -0.4 is 4.74 Å². The fraction of sp³-hybridized carbons (Fsp3) is 0.133. The molecular formula is C15H12BrFO2. The van der Waals surface area contributed by atoms with Crippen LogP contribution in [0.25, 0.3) is 0 Å². The van der Waals surface area contributed by atoms with Gasteiger partial charge in [-0.1, -0.05) is 28.1 Å². The summed E-state index contributed by atoms with van der Waals surface area (Å²) in [6, 6.07) is 9.78. The molecule has 0 saturated heterocycles. The normalized spacial score (nSPS) is 10.3. The molecule has 0 atom stereocenters. The van der Waals surface area contributed by atoms with Crippen molar-refractivity contribution < 1.29 is 13.9 Å². The maximum atomic E-state index is 13.8. The van der Waals surface area contributed by atoms with Crippen LogP contribution in [0, 0.1) is 12.7 Å². The third-order valence-corrected chi connectivity index (χ3v) is 3.20. The van der Waals surface area contributed by atoms with Crippen LogP contribution >= 0.6 is 15.9 Å². The van der Waals surface area contributed by atoms with E-state index in [9.17, 15) is 9.18 Å². The van der Waals surface area contributed by atoms with Crippen molar-refractivity contribution in [3.63, 3.8) is 0 Å². The summed E-state index contributed by atoms with van der Waals surface area (Å²) in [5, 5.41) is 0. The van der Waals surface area contributed by atoms with Crippen molar-refractivity contribution in [2.75, 3.05) is 0 Å². The molecule has 0 heterocycles. The highest BCUT2D eigenvalue weighted by Gasteiger charge is 2.15. The van der Waals surface area contributed by atoms with Crippen molar-refractivity contribution >= 4 is 21.7 Å². The summed E-state index contributed by atoms with van der Waals surface area (Å²) in [6.07, 6.45) is 0. The van der Waals surface area contributed by atoms with E-state index in [-0.39, 0.29) is 17.1 Å². The molecular weight excluding hydrogens is 311 g/mol. The van der Waals surface area contributed by atoms with Gasteiger partial charge in [0.1, 0.15) is 5.75 Å². The SMILES string of the molecule is CC(=O)c1cccc(F)c1Oc1cc(Br)ccc1C. The Morgan fingerprint density at radius 3 is 2.68 bits per heavy atom. The molecule has 2 rings (SSSR count). The standard InChI is InChI=1S/C15H12BrFO2/c1-9-6-7-11(16)8-14(9)19-15-12(10(2)18)4-3-5-13(15)17/h3-8H,1-2H3. The summed E-state index contributed by atoms with van der Waals surface area (Å²) in [6.45, 7) is 3.24. The first kappa shape index (κ1) is 13.7. The smallest absolute Gasteiger partial charge is 0.173 e. The van der Waals surface area contributed by atoms with Crippen molar-refractivity contribution in [3.05, 3.63) is 57.8 Å². The summed E-state index contributed by atoms with van der Waals surface area (Å²) in [5.41, 5.74) is 1.10. The van der Waals surface area contributed by atoms with Crippen LogP contribution in [-0.2, 0) is 0 Å². The van der Waals surface area contributed by atoms with Crippen molar-refractivity contribution in [1.82, 2.24) is 0 Å². The molecule has 0 N–H and O–H groups in total. The summed E-state index contributed by atoms with van der Waals surface area (Å²) in [4.78, 5) is 11.5.